The van der Waals surface area contributed by atoms with Gasteiger partial charge in [-0.25, -0.2) is 18.7 Å². The molecule has 9 nitrogen and oxygen atoms in total. The first-order valence-electron chi connectivity index (χ1n) is 11.2. The van der Waals surface area contributed by atoms with Crippen molar-refractivity contribution in [3.05, 3.63) is 36.3 Å². The van der Waals surface area contributed by atoms with Gasteiger partial charge in [0.2, 0.25) is 11.6 Å². The van der Waals surface area contributed by atoms with Gasteiger partial charge in [-0.15, -0.1) is 0 Å². The first-order valence-corrected chi connectivity index (χ1v) is 11.2. The van der Waals surface area contributed by atoms with Crippen LogP contribution in [0.1, 0.15) is 24.6 Å². The van der Waals surface area contributed by atoms with Crippen molar-refractivity contribution >= 4 is 28.5 Å². The van der Waals surface area contributed by atoms with Crippen LogP contribution in [0.2, 0.25) is 0 Å². The molecule has 3 aromatic rings. The number of imidazole rings is 1. The number of morpholine rings is 1. The molecule has 0 spiro atoms. The number of alkyl halides is 2. The number of ether oxygens (including phenoxy) is 2. The van der Waals surface area contributed by atoms with E-state index in [2.05, 4.69) is 15.6 Å². The lowest BCUT2D eigenvalue weighted by Gasteiger charge is -2.32. The second-order valence-corrected chi connectivity index (χ2v) is 8.54. The van der Waals surface area contributed by atoms with E-state index in [4.69, 9.17) is 19.4 Å². The van der Waals surface area contributed by atoms with E-state index >= 15 is 0 Å². The van der Waals surface area contributed by atoms with E-state index in [1.54, 1.807) is 18.5 Å². The van der Waals surface area contributed by atoms with Crippen LogP contribution in [0.15, 0.2) is 30.6 Å². The van der Waals surface area contributed by atoms with Crippen LogP contribution in [0, 0.1) is 0 Å². The van der Waals surface area contributed by atoms with Crippen LogP contribution < -0.4 is 15.5 Å². The number of rotatable bonds is 4. The third-order valence-corrected chi connectivity index (χ3v) is 6.58. The average Bonchev–Trinajstić information content (AvgIpc) is 3.47. The van der Waals surface area contributed by atoms with Gasteiger partial charge in [-0.1, -0.05) is 12.1 Å². The summed E-state index contributed by atoms with van der Waals surface area (Å²) >= 11 is 0. The van der Waals surface area contributed by atoms with Crippen molar-refractivity contribution in [2.75, 3.05) is 55.1 Å². The lowest BCUT2D eigenvalue weighted by Crippen LogP contribution is -2.47. The average molecular weight is 457 g/mol. The Labute approximate surface area is 189 Å². The smallest absolute Gasteiger partial charge is 0.285 e. The van der Waals surface area contributed by atoms with Gasteiger partial charge in [0, 0.05) is 32.3 Å². The minimum atomic E-state index is -2.80. The van der Waals surface area contributed by atoms with Crippen molar-refractivity contribution < 1.29 is 18.3 Å². The Kier molecular flexibility index (Phi) is 5.02. The summed E-state index contributed by atoms with van der Waals surface area (Å²) in [6.07, 6.45) is 0.538. The molecule has 0 radical (unpaired) electrons. The molecule has 0 aliphatic carbocycles. The summed E-state index contributed by atoms with van der Waals surface area (Å²) in [5.74, 6) is 0.411. The Morgan fingerprint density at radius 1 is 0.970 bits per heavy atom. The van der Waals surface area contributed by atoms with E-state index in [1.165, 1.54) is 0 Å². The van der Waals surface area contributed by atoms with Crippen LogP contribution in [0.25, 0.3) is 11.2 Å². The van der Waals surface area contributed by atoms with Crippen LogP contribution in [0.3, 0.4) is 0 Å². The van der Waals surface area contributed by atoms with Gasteiger partial charge in [-0.2, -0.15) is 4.98 Å². The van der Waals surface area contributed by atoms with Gasteiger partial charge in [0.1, 0.15) is 11.2 Å². The van der Waals surface area contributed by atoms with Crippen molar-refractivity contribution in [3.8, 4) is 0 Å². The van der Waals surface area contributed by atoms with Crippen LogP contribution >= 0.6 is 0 Å². The van der Waals surface area contributed by atoms with Gasteiger partial charge >= 0.3 is 0 Å². The number of nitrogens with one attached hydrogen (secondary N) is 2. The van der Waals surface area contributed by atoms with Crippen molar-refractivity contribution in [1.82, 2.24) is 19.5 Å². The highest BCUT2D eigenvalue weighted by atomic mass is 19.3. The number of hydrogen-bond donors (Lipinski definition) is 2. The highest BCUT2D eigenvalue weighted by Crippen LogP contribution is 2.44. The fraction of sp³-hybridized carbons (Fsp3) is 0.500. The molecule has 5 heterocycles. The van der Waals surface area contributed by atoms with E-state index in [9.17, 15) is 8.78 Å². The summed E-state index contributed by atoms with van der Waals surface area (Å²) in [7, 11) is 0. The van der Waals surface area contributed by atoms with Crippen molar-refractivity contribution in [2.45, 2.75) is 31.0 Å². The first-order chi connectivity index (χ1) is 16.2. The SMILES string of the molecule is FC(F)C1(c2nc(N3CCOCC3)nc3c2ncn3C2CCOCC2)Nc2ccccc2N1. The Hall–Kier alpha value is -3.05. The van der Waals surface area contributed by atoms with E-state index < -0.39 is 12.1 Å². The lowest BCUT2D eigenvalue weighted by atomic mass is 10.1. The third kappa shape index (κ3) is 3.37. The highest BCUT2D eigenvalue weighted by Gasteiger charge is 2.50. The summed E-state index contributed by atoms with van der Waals surface area (Å²) in [5.41, 5.74) is 0.356. The zero-order valence-corrected chi connectivity index (χ0v) is 18.0. The molecule has 174 valence electrons. The molecule has 6 rings (SSSR count). The molecule has 2 aromatic heterocycles. The number of benzene rings is 1. The number of para-hydroxylation sites is 2. The molecule has 33 heavy (non-hydrogen) atoms. The first kappa shape index (κ1) is 20.5. The molecule has 11 heteroatoms. The van der Waals surface area contributed by atoms with Crippen molar-refractivity contribution in [3.63, 3.8) is 0 Å². The maximum Gasteiger partial charge on any atom is 0.285 e. The summed E-state index contributed by atoms with van der Waals surface area (Å²) in [6.45, 7) is 3.57. The summed E-state index contributed by atoms with van der Waals surface area (Å²) in [6, 6.07) is 7.31. The molecular formula is C22H25F2N7O2. The largest absolute Gasteiger partial charge is 0.381 e. The Morgan fingerprint density at radius 2 is 1.64 bits per heavy atom. The zero-order chi connectivity index (χ0) is 22.4. The number of nitrogens with zero attached hydrogens (tertiary/aromatic N) is 5. The van der Waals surface area contributed by atoms with E-state index in [-0.39, 0.29) is 11.7 Å². The monoisotopic (exact) mass is 457 g/mol. The number of aromatic nitrogens is 4. The summed E-state index contributed by atoms with van der Waals surface area (Å²) in [4.78, 5) is 16.1. The molecule has 0 unspecified atom stereocenters. The lowest BCUT2D eigenvalue weighted by molar-refractivity contribution is 0.0704. The van der Waals surface area contributed by atoms with Crippen molar-refractivity contribution in [1.29, 1.82) is 0 Å². The van der Waals surface area contributed by atoms with Gasteiger partial charge in [-0.05, 0) is 25.0 Å². The molecular weight excluding hydrogens is 432 g/mol. The van der Waals surface area contributed by atoms with Gasteiger partial charge in [0.15, 0.2) is 5.65 Å². The molecule has 1 aromatic carbocycles. The maximum atomic E-state index is 14.8. The molecule has 0 bridgehead atoms. The Morgan fingerprint density at radius 3 is 2.30 bits per heavy atom. The van der Waals surface area contributed by atoms with Gasteiger partial charge in [0.05, 0.1) is 30.9 Å². The quantitative estimate of drug-likeness (QED) is 0.618. The molecule has 2 saturated heterocycles. The second-order valence-electron chi connectivity index (χ2n) is 8.54. The fourth-order valence-corrected chi connectivity index (χ4v) is 4.80. The second kappa shape index (κ2) is 8.07. The third-order valence-electron chi connectivity index (χ3n) is 6.58. The normalized spacial score (nSPS) is 20.6. The summed E-state index contributed by atoms with van der Waals surface area (Å²) in [5, 5.41) is 6.02. The molecule has 0 atom stereocenters. The van der Waals surface area contributed by atoms with Gasteiger partial charge in [0.25, 0.3) is 6.43 Å². The van der Waals surface area contributed by atoms with Gasteiger partial charge in [-0.3, -0.25) is 0 Å². The van der Waals surface area contributed by atoms with E-state index in [0.29, 0.717) is 68.0 Å². The molecule has 3 aliphatic heterocycles. The highest BCUT2D eigenvalue weighted by molar-refractivity contribution is 5.83. The maximum absolute atomic E-state index is 14.8. The van der Waals surface area contributed by atoms with Crippen molar-refractivity contribution in [2.24, 2.45) is 0 Å². The predicted octanol–water partition coefficient (Wildman–Crippen LogP) is 2.97. The predicted molar refractivity (Wildman–Crippen MR) is 119 cm³/mol. The number of anilines is 3. The van der Waals surface area contributed by atoms with Crippen LogP contribution in [-0.4, -0.2) is 65.5 Å². The minimum absolute atomic E-state index is 0.144. The van der Waals surface area contributed by atoms with Crippen LogP contribution in [0.5, 0.6) is 0 Å². The van der Waals surface area contributed by atoms with E-state index in [0.717, 1.165) is 12.8 Å². The molecule has 0 amide bonds. The fourth-order valence-electron chi connectivity index (χ4n) is 4.80. The molecule has 2 N–H and O–H groups in total. The minimum Gasteiger partial charge on any atom is -0.381 e. The molecule has 2 fully saturated rings. The number of fused-ring (bicyclic) bond motifs is 2. The number of hydrogen-bond acceptors (Lipinski definition) is 8. The number of halogens is 2. The Bertz CT molecular complexity index is 1130. The standard InChI is InChI=1S/C22H25F2N7O2/c23-20(24)22(28-15-3-1-2-4-16(15)29-22)18-17-19(27-21(26-18)30-7-11-33-12-8-30)31(13-25-17)14-5-9-32-10-6-14/h1-4,13-14,20,28-29H,5-12H2. The van der Waals surface area contributed by atoms with Crippen LogP contribution in [0.4, 0.5) is 26.1 Å². The van der Waals surface area contributed by atoms with Crippen LogP contribution in [-0.2, 0) is 15.1 Å². The molecule has 0 saturated carbocycles. The zero-order valence-electron chi connectivity index (χ0n) is 18.0. The summed E-state index contributed by atoms with van der Waals surface area (Å²) < 4.78 is 42.7. The topological polar surface area (TPSA) is 89.4 Å². The molecule has 3 aliphatic rings. The van der Waals surface area contributed by atoms with E-state index in [1.807, 2.05) is 21.6 Å². The Balaban J connectivity index is 1.53. The van der Waals surface area contributed by atoms with Gasteiger partial charge < -0.3 is 29.6 Å².